The summed E-state index contributed by atoms with van der Waals surface area (Å²) in [4.78, 5) is 1.25. The molecule has 0 heterocycles. The molecule has 0 atom stereocenters. The minimum Gasteiger partial charge on any atom is -0.496 e. The molecule has 1 N–H and O–H groups in total. The molecule has 0 bridgehead atoms. The van der Waals surface area contributed by atoms with E-state index in [9.17, 15) is 0 Å². The van der Waals surface area contributed by atoms with Crippen LogP contribution in [0.4, 0.5) is 5.69 Å². The van der Waals surface area contributed by atoms with Gasteiger partial charge in [0, 0.05) is 22.9 Å². The lowest BCUT2D eigenvalue weighted by Crippen LogP contribution is -2.01. The smallest absolute Gasteiger partial charge is 0.121 e. The number of para-hydroxylation sites is 1. The molecule has 110 valence electrons. The van der Waals surface area contributed by atoms with Crippen LogP contribution in [-0.4, -0.2) is 12.9 Å². The quantitative estimate of drug-likeness (QED) is 0.581. The Labute approximate surface area is 131 Å². The normalized spacial score (nSPS) is 10.2. The number of thioether (sulfide) groups is 1. The van der Waals surface area contributed by atoms with Gasteiger partial charge < -0.3 is 10.1 Å². The fourth-order valence-electron chi connectivity index (χ4n) is 2.14. The SMILES string of the molecule is C=CCSc1ccccc1NCc1ccc(OC)c(C)c1. The predicted octanol–water partition coefficient (Wildman–Crippen LogP) is 4.89. The van der Waals surface area contributed by atoms with Crippen LogP contribution in [0.3, 0.4) is 0 Å². The van der Waals surface area contributed by atoms with Crippen LogP contribution in [0.2, 0.25) is 0 Å². The van der Waals surface area contributed by atoms with E-state index in [-0.39, 0.29) is 0 Å². The molecule has 0 spiro atoms. The van der Waals surface area contributed by atoms with Crippen LogP contribution in [0, 0.1) is 6.92 Å². The highest BCUT2D eigenvalue weighted by molar-refractivity contribution is 7.99. The molecule has 21 heavy (non-hydrogen) atoms. The van der Waals surface area contributed by atoms with E-state index in [2.05, 4.69) is 55.2 Å². The number of benzene rings is 2. The second-order valence-electron chi connectivity index (χ2n) is 4.75. The Morgan fingerprint density at radius 3 is 2.76 bits per heavy atom. The molecule has 2 rings (SSSR count). The van der Waals surface area contributed by atoms with Gasteiger partial charge in [-0.3, -0.25) is 0 Å². The fraction of sp³-hybridized carbons (Fsp3) is 0.222. The molecule has 0 saturated heterocycles. The van der Waals surface area contributed by atoms with Crippen LogP contribution in [-0.2, 0) is 6.54 Å². The summed E-state index contributed by atoms with van der Waals surface area (Å²) < 4.78 is 5.29. The molecule has 0 aliphatic rings. The lowest BCUT2D eigenvalue weighted by Gasteiger charge is -2.12. The first-order valence-corrected chi connectivity index (χ1v) is 7.93. The van der Waals surface area contributed by atoms with E-state index in [1.807, 2.05) is 12.1 Å². The van der Waals surface area contributed by atoms with Crippen molar-refractivity contribution < 1.29 is 4.74 Å². The second kappa shape index (κ2) is 7.79. The predicted molar refractivity (Wildman–Crippen MR) is 92.4 cm³/mol. The van der Waals surface area contributed by atoms with Gasteiger partial charge in [-0.05, 0) is 36.2 Å². The molecule has 2 aromatic carbocycles. The maximum absolute atomic E-state index is 5.29. The maximum atomic E-state index is 5.29. The van der Waals surface area contributed by atoms with Crippen molar-refractivity contribution in [3.63, 3.8) is 0 Å². The average Bonchev–Trinajstić information content (AvgIpc) is 2.52. The third-order valence-electron chi connectivity index (χ3n) is 3.19. The lowest BCUT2D eigenvalue weighted by molar-refractivity contribution is 0.411. The molecular weight excluding hydrogens is 278 g/mol. The summed E-state index contributed by atoms with van der Waals surface area (Å²) in [5.74, 6) is 1.85. The number of methoxy groups -OCH3 is 1. The van der Waals surface area contributed by atoms with E-state index in [4.69, 9.17) is 4.74 Å². The Bertz CT molecular complexity index is 610. The van der Waals surface area contributed by atoms with Gasteiger partial charge in [-0.15, -0.1) is 18.3 Å². The number of hydrogen-bond acceptors (Lipinski definition) is 3. The van der Waals surface area contributed by atoms with Crippen molar-refractivity contribution in [2.24, 2.45) is 0 Å². The Balaban J connectivity index is 2.05. The molecule has 0 aromatic heterocycles. The zero-order valence-corrected chi connectivity index (χ0v) is 13.4. The van der Waals surface area contributed by atoms with Crippen LogP contribution in [0.1, 0.15) is 11.1 Å². The van der Waals surface area contributed by atoms with Gasteiger partial charge in [0.25, 0.3) is 0 Å². The average molecular weight is 299 g/mol. The van der Waals surface area contributed by atoms with Crippen LogP contribution in [0.5, 0.6) is 5.75 Å². The third-order valence-corrected chi connectivity index (χ3v) is 4.26. The standard InChI is InChI=1S/C18H21NOS/c1-4-11-21-18-8-6-5-7-16(18)19-13-15-9-10-17(20-3)14(2)12-15/h4-10,12,19H,1,11,13H2,2-3H3. The summed E-state index contributed by atoms with van der Waals surface area (Å²) in [5, 5.41) is 3.51. The Morgan fingerprint density at radius 1 is 1.24 bits per heavy atom. The molecule has 0 radical (unpaired) electrons. The molecule has 2 aromatic rings. The van der Waals surface area contributed by atoms with E-state index in [0.29, 0.717) is 0 Å². The molecule has 3 heteroatoms. The van der Waals surface area contributed by atoms with E-state index in [1.54, 1.807) is 18.9 Å². The molecule has 0 saturated carbocycles. The largest absolute Gasteiger partial charge is 0.496 e. The van der Waals surface area contributed by atoms with Crippen molar-refractivity contribution in [2.45, 2.75) is 18.4 Å². The Morgan fingerprint density at radius 2 is 2.05 bits per heavy atom. The fourth-order valence-corrected chi connectivity index (χ4v) is 2.90. The Kier molecular flexibility index (Phi) is 5.76. The summed E-state index contributed by atoms with van der Waals surface area (Å²) in [6.07, 6.45) is 1.92. The zero-order chi connectivity index (χ0) is 15.1. The highest BCUT2D eigenvalue weighted by Gasteiger charge is 2.03. The van der Waals surface area contributed by atoms with Crippen LogP contribution < -0.4 is 10.1 Å². The van der Waals surface area contributed by atoms with E-state index < -0.39 is 0 Å². The van der Waals surface area contributed by atoms with Gasteiger partial charge in [0.05, 0.1) is 7.11 Å². The van der Waals surface area contributed by atoms with Crippen LogP contribution in [0.25, 0.3) is 0 Å². The first kappa shape index (κ1) is 15.5. The zero-order valence-electron chi connectivity index (χ0n) is 12.6. The van der Waals surface area contributed by atoms with Crippen molar-refractivity contribution in [3.05, 3.63) is 66.2 Å². The van der Waals surface area contributed by atoms with Crippen molar-refractivity contribution in [2.75, 3.05) is 18.2 Å². The maximum Gasteiger partial charge on any atom is 0.121 e. The highest BCUT2D eigenvalue weighted by atomic mass is 32.2. The molecule has 0 aliphatic heterocycles. The summed E-state index contributed by atoms with van der Waals surface area (Å²) in [5.41, 5.74) is 3.57. The first-order valence-electron chi connectivity index (χ1n) is 6.94. The van der Waals surface area contributed by atoms with Gasteiger partial charge >= 0.3 is 0 Å². The third kappa shape index (κ3) is 4.30. The summed E-state index contributed by atoms with van der Waals surface area (Å²) in [6.45, 7) is 6.64. The summed E-state index contributed by atoms with van der Waals surface area (Å²) in [6, 6.07) is 14.6. The van der Waals surface area contributed by atoms with Gasteiger partial charge in [-0.25, -0.2) is 0 Å². The minimum atomic E-state index is 0.802. The molecule has 2 nitrogen and oxygen atoms in total. The topological polar surface area (TPSA) is 21.3 Å². The second-order valence-corrected chi connectivity index (χ2v) is 5.82. The number of rotatable bonds is 7. The first-order chi connectivity index (χ1) is 10.2. The number of anilines is 1. The molecular formula is C18H21NOS. The minimum absolute atomic E-state index is 0.802. The highest BCUT2D eigenvalue weighted by Crippen LogP contribution is 2.27. The molecule has 0 unspecified atom stereocenters. The number of aryl methyl sites for hydroxylation is 1. The summed E-state index contributed by atoms with van der Waals surface area (Å²) in [7, 11) is 1.70. The number of nitrogens with one attached hydrogen (secondary N) is 1. The van der Waals surface area contributed by atoms with E-state index in [1.165, 1.54) is 10.5 Å². The molecule has 0 fully saturated rings. The van der Waals surface area contributed by atoms with Crippen molar-refractivity contribution >= 4 is 17.4 Å². The monoisotopic (exact) mass is 299 g/mol. The Hall–Kier alpha value is -1.87. The van der Waals surface area contributed by atoms with Crippen LogP contribution >= 0.6 is 11.8 Å². The molecule has 0 aliphatic carbocycles. The van der Waals surface area contributed by atoms with Gasteiger partial charge in [0.2, 0.25) is 0 Å². The van der Waals surface area contributed by atoms with Crippen molar-refractivity contribution in [1.82, 2.24) is 0 Å². The van der Waals surface area contributed by atoms with E-state index >= 15 is 0 Å². The van der Waals surface area contributed by atoms with Gasteiger partial charge in [0.1, 0.15) is 5.75 Å². The lowest BCUT2D eigenvalue weighted by atomic mass is 10.1. The molecule has 0 amide bonds. The van der Waals surface area contributed by atoms with Crippen molar-refractivity contribution in [1.29, 1.82) is 0 Å². The van der Waals surface area contributed by atoms with Gasteiger partial charge in [-0.2, -0.15) is 0 Å². The number of ether oxygens (including phenoxy) is 1. The van der Waals surface area contributed by atoms with Gasteiger partial charge in [0.15, 0.2) is 0 Å². The van der Waals surface area contributed by atoms with Crippen molar-refractivity contribution in [3.8, 4) is 5.75 Å². The van der Waals surface area contributed by atoms with E-state index in [0.717, 1.165) is 29.3 Å². The summed E-state index contributed by atoms with van der Waals surface area (Å²) >= 11 is 1.79. The van der Waals surface area contributed by atoms with Crippen LogP contribution in [0.15, 0.2) is 60.0 Å². The van der Waals surface area contributed by atoms with Gasteiger partial charge in [-0.1, -0.05) is 30.3 Å². The number of hydrogen-bond donors (Lipinski definition) is 1.